The molecule has 1 amide bonds. The Hall–Kier alpha value is -2.73. The molecule has 7 heteroatoms. The largest absolute Gasteiger partial charge is 0.454 e. The predicted octanol–water partition coefficient (Wildman–Crippen LogP) is 3.50. The third kappa shape index (κ3) is 2.14. The SMILES string of the molecule is O=C(Nc1ccc2c(c1)OCO2)n1ncc2cc(Cl)ccc21. The van der Waals surface area contributed by atoms with Crippen LogP contribution >= 0.6 is 11.6 Å². The summed E-state index contributed by atoms with van der Waals surface area (Å²) in [5.74, 6) is 1.27. The van der Waals surface area contributed by atoms with Crippen LogP contribution in [0.15, 0.2) is 42.6 Å². The van der Waals surface area contributed by atoms with Gasteiger partial charge in [0.25, 0.3) is 0 Å². The summed E-state index contributed by atoms with van der Waals surface area (Å²) in [5, 5.41) is 8.27. The number of carbonyl (C=O) groups is 1. The van der Waals surface area contributed by atoms with Gasteiger partial charge in [0.2, 0.25) is 6.79 Å². The predicted molar refractivity (Wildman–Crippen MR) is 81.7 cm³/mol. The number of benzene rings is 2. The second-order valence-corrected chi connectivity index (χ2v) is 5.19. The zero-order valence-electron chi connectivity index (χ0n) is 11.2. The highest BCUT2D eigenvalue weighted by Crippen LogP contribution is 2.34. The summed E-state index contributed by atoms with van der Waals surface area (Å²) in [4.78, 5) is 12.4. The highest BCUT2D eigenvalue weighted by Gasteiger charge is 2.15. The van der Waals surface area contributed by atoms with Crippen molar-refractivity contribution in [2.24, 2.45) is 0 Å². The van der Waals surface area contributed by atoms with Gasteiger partial charge >= 0.3 is 6.03 Å². The molecule has 1 N–H and O–H groups in total. The minimum Gasteiger partial charge on any atom is -0.454 e. The van der Waals surface area contributed by atoms with E-state index >= 15 is 0 Å². The van der Waals surface area contributed by atoms with Crippen LogP contribution in [-0.4, -0.2) is 22.6 Å². The molecule has 22 heavy (non-hydrogen) atoms. The van der Waals surface area contributed by atoms with E-state index in [2.05, 4.69) is 10.4 Å². The first-order valence-electron chi connectivity index (χ1n) is 6.55. The number of halogens is 1. The van der Waals surface area contributed by atoms with E-state index in [0.717, 1.165) is 5.39 Å². The molecule has 0 saturated carbocycles. The molecule has 3 aromatic rings. The van der Waals surface area contributed by atoms with Crippen LogP contribution in [0.4, 0.5) is 10.5 Å². The summed E-state index contributed by atoms with van der Waals surface area (Å²) in [6.07, 6.45) is 1.60. The lowest BCUT2D eigenvalue weighted by Gasteiger charge is -2.06. The number of ether oxygens (including phenoxy) is 2. The van der Waals surface area contributed by atoms with E-state index in [4.69, 9.17) is 21.1 Å². The number of hydrogen-bond donors (Lipinski definition) is 1. The van der Waals surface area contributed by atoms with Gasteiger partial charge in [-0.25, -0.2) is 4.79 Å². The number of anilines is 1. The average molecular weight is 316 g/mol. The van der Waals surface area contributed by atoms with Crippen molar-refractivity contribution < 1.29 is 14.3 Å². The monoisotopic (exact) mass is 315 g/mol. The molecular formula is C15H10ClN3O3. The fourth-order valence-electron chi connectivity index (χ4n) is 2.32. The fourth-order valence-corrected chi connectivity index (χ4v) is 2.50. The van der Waals surface area contributed by atoms with Gasteiger partial charge in [0.1, 0.15) is 0 Å². The Kier molecular flexibility index (Phi) is 2.90. The van der Waals surface area contributed by atoms with E-state index in [9.17, 15) is 4.79 Å². The molecule has 2 aromatic carbocycles. The van der Waals surface area contributed by atoms with E-state index in [1.807, 2.05) is 0 Å². The summed E-state index contributed by atoms with van der Waals surface area (Å²) in [6.45, 7) is 0.192. The first-order chi connectivity index (χ1) is 10.7. The molecule has 1 aliphatic rings. The van der Waals surface area contributed by atoms with E-state index in [-0.39, 0.29) is 12.8 Å². The molecule has 0 saturated heterocycles. The van der Waals surface area contributed by atoms with Crippen molar-refractivity contribution in [3.05, 3.63) is 47.6 Å². The standard InChI is InChI=1S/C15H10ClN3O3/c16-10-1-3-12-9(5-10)7-17-19(12)15(20)18-11-2-4-13-14(6-11)22-8-21-13/h1-7H,8H2,(H,18,20). The molecule has 0 bridgehead atoms. The van der Waals surface area contributed by atoms with Gasteiger partial charge in [-0.15, -0.1) is 0 Å². The Morgan fingerprint density at radius 3 is 2.95 bits per heavy atom. The number of nitrogens with zero attached hydrogens (tertiary/aromatic N) is 2. The van der Waals surface area contributed by atoms with Gasteiger partial charge in [-0.1, -0.05) is 11.6 Å². The van der Waals surface area contributed by atoms with E-state index in [1.54, 1.807) is 42.6 Å². The van der Waals surface area contributed by atoms with Gasteiger partial charge in [-0.05, 0) is 30.3 Å². The number of hydrogen-bond acceptors (Lipinski definition) is 4. The third-order valence-electron chi connectivity index (χ3n) is 3.35. The van der Waals surface area contributed by atoms with Crippen LogP contribution in [-0.2, 0) is 0 Å². The Morgan fingerprint density at radius 2 is 2.05 bits per heavy atom. The van der Waals surface area contributed by atoms with Crippen molar-refractivity contribution in [3.8, 4) is 11.5 Å². The van der Waals surface area contributed by atoms with Crippen LogP contribution < -0.4 is 14.8 Å². The van der Waals surface area contributed by atoms with Crippen LogP contribution in [0.25, 0.3) is 10.9 Å². The molecule has 1 aliphatic heterocycles. The van der Waals surface area contributed by atoms with Crippen molar-refractivity contribution in [1.29, 1.82) is 0 Å². The molecule has 0 spiro atoms. The third-order valence-corrected chi connectivity index (χ3v) is 3.58. The van der Waals surface area contributed by atoms with Crippen LogP contribution in [0.3, 0.4) is 0 Å². The van der Waals surface area contributed by atoms with Crippen LogP contribution in [0, 0.1) is 0 Å². The zero-order chi connectivity index (χ0) is 15.1. The lowest BCUT2D eigenvalue weighted by molar-refractivity contribution is 0.174. The van der Waals surface area contributed by atoms with Gasteiger partial charge < -0.3 is 14.8 Å². The number of nitrogens with one attached hydrogen (secondary N) is 1. The highest BCUT2D eigenvalue weighted by atomic mass is 35.5. The number of fused-ring (bicyclic) bond motifs is 2. The van der Waals surface area contributed by atoms with Crippen molar-refractivity contribution in [2.45, 2.75) is 0 Å². The number of rotatable bonds is 1. The van der Waals surface area contributed by atoms with Gasteiger partial charge in [-0.2, -0.15) is 9.78 Å². The summed E-state index contributed by atoms with van der Waals surface area (Å²) in [7, 11) is 0. The highest BCUT2D eigenvalue weighted by molar-refractivity contribution is 6.31. The summed E-state index contributed by atoms with van der Waals surface area (Å²) in [5.41, 5.74) is 1.29. The molecule has 110 valence electrons. The van der Waals surface area contributed by atoms with Crippen LogP contribution in [0.5, 0.6) is 11.5 Å². The minimum atomic E-state index is -0.365. The van der Waals surface area contributed by atoms with Gasteiger partial charge in [0.15, 0.2) is 11.5 Å². The first kappa shape index (κ1) is 13.0. The molecule has 2 heterocycles. The topological polar surface area (TPSA) is 65.4 Å². The molecule has 0 fully saturated rings. The van der Waals surface area contributed by atoms with E-state index in [1.165, 1.54) is 4.68 Å². The van der Waals surface area contributed by atoms with Crippen LogP contribution in [0.2, 0.25) is 5.02 Å². The Labute approximate surface area is 130 Å². The summed E-state index contributed by atoms with van der Waals surface area (Å²) in [6, 6.07) is 10.1. The van der Waals surface area contributed by atoms with Crippen molar-refractivity contribution >= 4 is 34.2 Å². The van der Waals surface area contributed by atoms with Gasteiger partial charge in [0, 0.05) is 22.2 Å². The number of carbonyl (C=O) groups excluding carboxylic acids is 1. The first-order valence-corrected chi connectivity index (χ1v) is 6.93. The smallest absolute Gasteiger partial charge is 0.347 e. The second kappa shape index (κ2) is 4.92. The maximum Gasteiger partial charge on any atom is 0.347 e. The van der Waals surface area contributed by atoms with Crippen LogP contribution in [0.1, 0.15) is 0 Å². The number of amides is 1. The van der Waals surface area contributed by atoms with Crippen molar-refractivity contribution in [3.63, 3.8) is 0 Å². The zero-order valence-corrected chi connectivity index (χ0v) is 12.0. The molecule has 0 radical (unpaired) electrons. The number of aromatic nitrogens is 2. The Balaban J connectivity index is 1.63. The maximum atomic E-state index is 12.4. The lowest BCUT2D eigenvalue weighted by atomic mass is 10.2. The molecule has 4 rings (SSSR count). The summed E-state index contributed by atoms with van der Waals surface area (Å²) >= 11 is 5.93. The van der Waals surface area contributed by atoms with Crippen molar-refractivity contribution in [1.82, 2.24) is 9.78 Å². The van der Waals surface area contributed by atoms with Gasteiger partial charge in [0.05, 0.1) is 11.7 Å². The second-order valence-electron chi connectivity index (χ2n) is 4.76. The minimum absolute atomic E-state index is 0.192. The molecule has 1 aromatic heterocycles. The maximum absolute atomic E-state index is 12.4. The van der Waals surface area contributed by atoms with E-state index in [0.29, 0.717) is 27.7 Å². The van der Waals surface area contributed by atoms with Crippen molar-refractivity contribution in [2.75, 3.05) is 12.1 Å². The van der Waals surface area contributed by atoms with E-state index < -0.39 is 0 Å². The molecule has 6 nitrogen and oxygen atoms in total. The normalized spacial score (nSPS) is 12.6. The molecule has 0 atom stereocenters. The van der Waals surface area contributed by atoms with Gasteiger partial charge in [-0.3, -0.25) is 0 Å². The Morgan fingerprint density at radius 1 is 1.18 bits per heavy atom. The molecule has 0 unspecified atom stereocenters. The average Bonchev–Trinajstić information content (AvgIpc) is 3.12. The fraction of sp³-hybridized carbons (Fsp3) is 0.0667. The lowest BCUT2D eigenvalue weighted by Crippen LogP contribution is -2.20. The molecular weight excluding hydrogens is 306 g/mol. The summed E-state index contributed by atoms with van der Waals surface area (Å²) < 4.78 is 11.8. The Bertz CT molecular complexity index is 891. The molecule has 0 aliphatic carbocycles. The quantitative estimate of drug-likeness (QED) is 0.746.